The fraction of sp³-hybridized carbons (Fsp3) is 0.706. The molecule has 1 saturated heterocycles. The molecule has 0 atom stereocenters. The molecular weight excluding hydrogens is 290 g/mol. The lowest BCUT2D eigenvalue weighted by Gasteiger charge is -2.34. The predicted molar refractivity (Wildman–Crippen MR) is 92.9 cm³/mol. The monoisotopic (exact) mass is 319 g/mol. The second-order valence-corrected chi connectivity index (χ2v) is 6.55. The number of rotatable bonds is 6. The van der Waals surface area contributed by atoms with Crippen LogP contribution in [-0.4, -0.2) is 60.0 Å². The molecule has 0 aromatic carbocycles. The summed E-state index contributed by atoms with van der Waals surface area (Å²) in [6.07, 6.45) is 0.974. The number of piperazine rings is 1. The van der Waals surface area contributed by atoms with Gasteiger partial charge in [-0.25, -0.2) is 9.97 Å². The molecule has 1 aromatic heterocycles. The third-order valence-electron chi connectivity index (χ3n) is 4.18. The fourth-order valence-corrected chi connectivity index (χ4v) is 2.64. The van der Waals surface area contributed by atoms with Crippen molar-refractivity contribution < 1.29 is 4.79 Å². The normalized spacial score (nSPS) is 16.0. The number of nitrogens with one attached hydrogen (secondary N) is 1. The van der Waals surface area contributed by atoms with Gasteiger partial charge in [-0.15, -0.1) is 0 Å². The molecule has 23 heavy (non-hydrogen) atoms. The van der Waals surface area contributed by atoms with Crippen LogP contribution in [0, 0.1) is 12.8 Å². The first-order valence-corrected chi connectivity index (χ1v) is 8.60. The van der Waals surface area contributed by atoms with Gasteiger partial charge in [0.25, 0.3) is 5.91 Å². The van der Waals surface area contributed by atoms with Gasteiger partial charge in [0, 0.05) is 38.4 Å². The molecule has 0 aliphatic carbocycles. The van der Waals surface area contributed by atoms with Crippen molar-refractivity contribution >= 4 is 11.9 Å². The molecule has 2 heterocycles. The minimum absolute atomic E-state index is 0.107. The van der Waals surface area contributed by atoms with Crippen LogP contribution in [0.2, 0.25) is 0 Å². The largest absolute Gasteiger partial charge is 0.351 e. The van der Waals surface area contributed by atoms with Gasteiger partial charge >= 0.3 is 0 Å². The topological polar surface area (TPSA) is 61.4 Å². The van der Waals surface area contributed by atoms with E-state index in [9.17, 15) is 4.79 Å². The third-order valence-corrected chi connectivity index (χ3v) is 4.18. The number of anilines is 1. The number of carbonyl (C=O) groups excluding carboxylic acids is 1. The van der Waals surface area contributed by atoms with Crippen LogP contribution in [0.4, 0.5) is 5.95 Å². The summed E-state index contributed by atoms with van der Waals surface area (Å²) in [6, 6.07) is 1.76. The SMILES string of the molecule is CCN1CCN(c2nc(C)cc(C(=O)NCCC(C)C)n2)CC1. The summed E-state index contributed by atoms with van der Waals surface area (Å²) in [5.74, 6) is 1.15. The second-order valence-electron chi connectivity index (χ2n) is 6.55. The number of likely N-dealkylation sites (N-methyl/N-ethyl adjacent to an activating group) is 1. The third kappa shape index (κ3) is 5.16. The van der Waals surface area contributed by atoms with Crippen molar-refractivity contribution in [3.8, 4) is 0 Å². The molecule has 128 valence electrons. The first kappa shape index (κ1) is 17.7. The quantitative estimate of drug-likeness (QED) is 0.865. The van der Waals surface area contributed by atoms with Crippen molar-refractivity contribution in [2.45, 2.75) is 34.1 Å². The summed E-state index contributed by atoms with van der Waals surface area (Å²) in [4.78, 5) is 25.9. The Morgan fingerprint density at radius 2 is 1.96 bits per heavy atom. The predicted octanol–water partition coefficient (Wildman–Crippen LogP) is 1.70. The number of carbonyl (C=O) groups is 1. The van der Waals surface area contributed by atoms with Crippen molar-refractivity contribution in [1.29, 1.82) is 0 Å². The first-order chi connectivity index (χ1) is 11.0. The van der Waals surface area contributed by atoms with Crippen molar-refractivity contribution in [2.24, 2.45) is 5.92 Å². The lowest BCUT2D eigenvalue weighted by atomic mass is 10.1. The zero-order valence-corrected chi connectivity index (χ0v) is 14.8. The van der Waals surface area contributed by atoms with Gasteiger partial charge in [-0.2, -0.15) is 0 Å². The summed E-state index contributed by atoms with van der Waals surface area (Å²) < 4.78 is 0. The zero-order chi connectivity index (χ0) is 16.8. The molecule has 0 unspecified atom stereocenters. The number of amides is 1. The van der Waals surface area contributed by atoms with Crippen molar-refractivity contribution in [1.82, 2.24) is 20.2 Å². The van der Waals surface area contributed by atoms with Gasteiger partial charge < -0.3 is 15.1 Å². The Hall–Kier alpha value is -1.69. The van der Waals surface area contributed by atoms with Gasteiger partial charge in [0.1, 0.15) is 5.69 Å². The minimum Gasteiger partial charge on any atom is -0.351 e. The highest BCUT2D eigenvalue weighted by Crippen LogP contribution is 2.13. The number of aryl methyl sites for hydroxylation is 1. The highest BCUT2D eigenvalue weighted by Gasteiger charge is 2.19. The van der Waals surface area contributed by atoms with Crippen molar-refractivity contribution in [2.75, 3.05) is 44.2 Å². The summed E-state index contributed by atoms with van der Waals surface area (Å²) in [7, 11) is 0. The maximum atomic E-state index is 12.3. The summed E-state index contributed by atoms with van der Waals surface area (Å²) >= 11 is 0. The van der Waals surface area contributed by atoms with Crippen LogP contribution in [0.15, 0.2) is 6.07 Å². The van der Waals surface area contributed by atoms with E-state index in [2.05, 4.69) is 45.9 Å². The second kappa shape index (κ2) is 8.24. The van der Waals surface area contributed by atoms with Crippen LogP contribution in [0.3, 0.4) is 0 Å². The van der Waals surface area contributed by atoms with Crippen LogP contribution < -0.4 is 10.2 Å². The molecule has 6 heteroatoms. The smallest absolute Gasteiger partial charge is 0.270 e. The van der Waals surface area contributed by atoms with Gasteiger partial charge in [0.15, 0.2) is 0 Å². The first-order valence-electron chi connectivity index (χ1n) is 8.60. The van der Waals surface area contributed by atoms with E-state index >= 15 is 0 Å². The summed E-state index contributed by atoms with van der Waals surface area (Å²) in [5, 5.41) is 2.95. The maximum absolute atomic E-state index is 12.3. The molecule has 0 radical (unpaired) electrons. The van der Waals surface area contributed by atoms with E-state index in [-0.39, 0.29) is 5.91 Å². The van der Waals surface area contributed by atoms with Gasteiger partial charge in [-0.05, 0) is 31.9 Å². The van der Waals surface area contributed by atoms with E-state index in [0.29, 0.717) is 24.1 Å². The molecule has 1 aliphatic heterocycles. The molecule has 1 N–H and O–H groups in total. The van der Waals surface area contributed by atoms with E-state index in [1.54, 1.807) is 6.07 Å². The Morgan fingerprint density at radius 1 is 1.26 bits per heavy atom. The molecule has 1 aliphatic rings. The number of hydrogen-bond donors (Lipinski definition) is 1. The molecule has 1 amide bonds. The zero-order valence-electron chi connectivity index (χ0n) is 14.8. The average molecular weight is 319 g/mol. The van der Waals surface area contributed by atoms with Crippen LogP contribution in [0.25, 0.3) is 0 Å². The van der Waals surface area contributed by atoms with E-state index < -0.39 is 0 Å². The average Bonchev–Trinajstić information content (AvgIpc) is 2.54. The fourth-order valence-electron chi connectivity index (χ4n) is 2.64. The number of aromatic nitrogens is 2. The van der Waals surface area contributed by atoms with E-state index in [1.165, 1.54) is 0 Å². The van der Waals surface area contributed by atoms with E-state index in [0.717, 1.165) is 44.8 Å². The molecule has 0 saturated carbocycles. The number of nitrogens with zero attached hydrogens (tertiary/aromatic N) is 4. The minimum atomic E-state index is -0.107. The van der Waals surface area contributed by atoms with E-state index in [4.69, 9.17) is 0 Å². The highest BCUT2D eigenvalue weighted by atomic mass is 16.1. The molecule has 2 rings (SSSR count). The Labute approximate surface area is 139 Å². The van der Waals surface area contributed by atoms with Crippen LogP contribution in [0.1, 0.15) is 43.4 Å². The van der Waals surface area contributed by atoms with Crippen molar-refractivity contribution in [3.05, 3.63) is 17.5 Å². The molecule has 1 aromatic rings. The Kier molecular flexibility index (Phi) is 6.33. The number of hydrogen-bond acceptors (Lipinski definition) is 5. The van der Waals surface area contributed by atoms with Crippen molar-refractivity contribution in [3.63, 3.8) is 0 Å². The Balaban J connectivity index is 2.02. The standard InChI is InChI=1S/C17H29N5O/c1-5-21-8-10-22(11-9-21)17-19-14(4)12-15(20-17)16(23)18-7-6-13(2)3/h12-13H,5-11H2,1-4H3,(H,18,23). The van der Waals surface area contributed by atoms with Gasteiger partial charge in [-0.3, -0.25) is 4.79 Å². The van der Waals surface area contributed by atoms with Gasteiger partial charge in [0.05, 0.1) is 0 Å². The lowest BCUT2D eigenvalue weighted by molar-refractivity contribution is 0.0946. The molecular formula is C17H29N5O. The van der Waals surface area contributed by atoms with Crippen LogP contribution in [-0.2, 0) is 0 Å². The molecule has 6 nitrogen and oxygen atoms in total. The summed E-state index contributed by atoms with van der Waals surface area (Å²) in [6.45, 7) is 14.0. The van der Waals surface area contributed by atoms with E-state index in [1.807, 2.05) is 6.92 Å². The van der Waals surface area contributed by atoms with Gasteiger partial charge in [-0.1, -0.05) is 20.8 Å². The Morgan fingerprint density at radius 3 is 2.57 bits per heavy atom. The van der Waals surface area contributed by atoms with Gasteiger partial charge in [0.2, 0.25) is 5.95 Å². The van der Waals surface area contributed by atoms with Crippen LogP contribution in [0.5, 0.6) is 0 Å². The summed E-state index contributed by atoms with van der Waals surface area (Å²) in [5.41, 5.74) is 1.30. The maximum Gasteiger partial charge on any atom is 0.270 e. The Bertz CT molecular complexity index is 524. The molecule has 1 fully saturated rings. The van der Waals surface area contributed by atoms with Crippen LogP contribution >= 0.6 is 0 Å². The lowest BCUT2D eigenvalue weighted by Crippen LogP contribution is -2.47. The molecule has 0 bridgehead atoms. The highest BCUT2D eigenvalue weighted by molar-refractivity contribution is 5.92. The molecule has 0 spiro atoms.